The van der Waals surface area contributed by atoms with E-state index >= 15 is 0 Å². The Morgan fingerprint density at radius 1 is 1.16 bits per heavy atom. The van der Waals surface area contributed by atoms with Gasteiger partial charge in [0.15, 0.2) is 0 Å². The Bertz CT molecular complexity index is 643. The molecule has 0 bridgehead atoms. The average molecular weight is 270 g/mol. The number of pyridine rings is 1. The van der Waals surface area contributed by atoms with Gasteiger partial charge in [0.05, 0.1) is 12.8 Å². The predicted molar refractivity (Wildman–Crippen MR) is 77.7 cm³/mol. The summed E-state index contributed by atoms with van der Waals surface area (Å²) in [6.07, 6.45) is 4.09. The Morgan fingerprint density at radius 3 is 2.74 bits per heavy atom. The van der Waals surface area contributed by atoms with Gasteiger partial charge >= 0.3 is 0 Å². The summed E-state index contributed by atoms with van der Waals surface area (Å²) in [7, 11) is 1.68. The van der Waals surface area contributed by atoms with E-state index in [9.17, 15) is 0 Å². The van der Waals surface area contributed by atoms with Gasteiger partial charge in [-0.15, -0.1) is 11.8 Å². The van der Waals surface area contributed by atoms with Crippen molar-refractivity contribution in [2.24, 2.45) is 0 Å². The van der Waals surface area contributed by atoms with E-state index < -0.39 is 0 Å². The van der Waals surface area contributed by atoms with Crippen LogP contribution in [0, 0.1) is 0 Å². The molecule has 0 spiro atoms. The smallest absolute Gasteiger partial charge is 0.137 e. The molecule has 2 aromatic heterocycles. The molecule has 0 fully saturated rings. The maximum Gasteiger partial charge on any atom is 0.137 e. The fraction of sp³-hybridized carbons (Fsp3) is 0.133. The third kappa shape index (κ3) is 2.74. The highest BCUT2D eigenvalue weighted by Gasteiger charge is 2.02. The lowest BCUT2D eigenvalue weighted by Crippen LogP contribution is -1.82. The summed E-state index contributed by atoms with van der Waals surface area (Å²) in [4.78, 5) is 5.80. The van der Waals surface area contributed by atoms with Gasteiger partial charge in [0, 0.05) is 23.0 Å². The van der Waals surface area contributed by atoms with Crippen LogP contribution in [-0.2, 0) is 5.75 Å². The van der Waals surface area contributed by atoms with Crippen LogP contribution in [0.2, 0.25) is 0 Å². The lowest BCUT2D eigenvalue weighted by molar-refractivity contribution is 0.414. The van der Waals surface area contributed by atoms with Crippen molar-refractivity contribution in [1.82, 2.24) is 9.38 Å². The van der Waals surface area contributed by atoms with E-state index in [1.807, 2.05) is 40.9 Å². The van der Waals surface area contributed by atoms with Gasteiger partial charge in [-0.05, 0) is 36.4 Å². The number of thioether (sulfide) groups is 1. The quantitative estimate of drug-likeness (QED) is 0.677. The van der Waals surface area contributed by atoms with Crippen molar-refractivity contribution in [3.05, 3.63) is 60.6 Å². The number of nitrogens with zero attached hydrogens (tertiary/aromatic N) is 2. The standard InChI is InChI=1S/C15H14N2OS/c1-18-13-5-7-14(8-6-13)19-11-12-10-17-9-3-2-4-15(17)16-12/h2-10H,11H2,1H3. The number of fused-ring (bicyclic) bond motifs is 1. The zero-order valence-electron chi connectivity index (χ0n) is 10.6. The monoisotopic (exact) mass is 270 g/mol. The fourth-order valence-corrected chi connectivity index (χ4v) is 2.67. The molecule has 0 aliphatic carbocycles. The molecule has 0 saturated carbocycles. The number of hydrogen-bond acceptors (Lipinski definition) is 3. The molecule has 3 aromatic rings. The van der Waals surface area contributed by atoms with Crippen molar-refractivity contribution in [2.75, 3.05) is 7.11 Å². The Morgan fingerprint density at radius 2 is 2.00 bits per heavy atom. The zero-order chi connectivity index (χ0) is 13.1. The van der Waals surface area contributed by atoms with Crippen molar-refractivity contribution in [3.8, 4) is 5.75 Å². The van der Waals surface area contributed by atoms with E-state index in [1.54, 1.807) is 18.9 Å². The third-order valence-corrected chi connectivity index (χ3v) is 3.91. The van der Waals surface area contributed by atoms with Crippen molar-refractivity contribution in [2.45, 2.75) is 10.6 Å². The second kappa shape index (κ2) is 5.36. The number of ether oxygens (including phenoxy) is 1. The van der Waals surface area contributed by atoms with Gasteiger partial charge in [0.25, 0.3) is 0 Å². The molecule has 0 saturated heterocycles. The fourth-order valence-electron chi connectivity index (χ4n) is 1.89. The Balaban J connectivity index is 1.70. The van der Waals surface area contributed by atoms with E-state index in [0.29, 0.717) is 0 Å². The molecule has 3 nitrogen and oxygen atoms in total. The SMILES string of the molecule is COc1ccc(SCc2cn3ccccc3n2)cc1. The summed E-state index contributed by atoms with van der Waals surface area (Å²) < 4.78 is 7.19. The molecular formula is C15H14N2OS. The zero-order valence-corrected chi connectivity index (χ0v) is 11.4. The largest absolute Gasteiger partial charge is 0.497 e. The maximum absolute atomic E-state index is 5.15. The molecule has 96 valence electrons. The second-order valence-electron chi connectivity index (χ2n) is 4.16. The molecule has 0 aliphatic heterocycles. The van der Waals surface area contributed by atoms with Gasteiger partial charge in [0.1, 0.15) is 11.4 Å². The van der Waals surface area contributed by atoms with Gasteiger partial charge in [-0.1, -0.05) is 6.07 Å². The number of hydrogen-bond donors (Lipinski definition) is 0. The molecule has 0 radical (unpaired) electrons. The number of imidazole rings is 1. The number of aromatic nitrogens is 2. The van der Waals surface area contributed by atoms with Gasteiger partial charge in [0.2, 0.25) is 0 Å². The van der Waals surface area contributed by atoms with Crippen LogP contribution in [0.15, 0.2) is 59.8 Å². The molecule has 19 heavy (non-hydrogen) atoms. The van der Waals surface area contributed by atoms with Crippen LogP contribution in [0.5, 0.6) is 5.75 Å². The first kappa shape index (κ1) is 12.1. The van der Waals surface area contributed by atoms with E-state index in [4.69, 9.17) is 4.74 Å². The maximum atomic E-state index is 5.15. The highest BCUT2D eigenvalue weighted by Crippen LogP contribution is 2.24. The summed E-state index contributed by atoms with van der Waals surface area (Å²) in [6.45, 7) is 0. The molecule has 2 heterocycles. The molecule has 0 atom stereocenters. The van der Waals surface area contributed by atoms with Crippen molar-refractivity contribution in [1.29, 1.82) is 0 Å². The number of methoxy groups -OCH3 is 1. The van der Waals surface area contributed by atoms with Crippen LogP contribution in [-0.4, -0.2) is 16.5 Å². The Kier molecular flexibility index (Phi) is 3.42. The van der Waals surface area contributed by atoms with Crippen LogP contribution < -0.4 is 4.74 Å². The van der Waals surface area contributed by atoms with Crippen LogP contribution in [0.25, 0.3) is 5.65 Å². The summed E-state index contributed by atoms with van der Waals surface area (Å²) >= 11 is 1.78. The van der Waals surface area contributed by atoms with Gasteiger partial charge < -0.3 is 9.14 Å². The Labute approximate surface area is 116 Å². The number of benzene rings is 1. The normalized spacial score (nSPS) is 10.8. The van der Waals surface area contributed by atoms with Gasteiger partial charge in [-0.2, -0.15) is 0 Å². The molecule has 0 unspecified atom stereocenters. The molecule has 3 rings (SSSR count). The summed E-state index contributed by atoms with van der Waals surface area (Å²) in [5.41, 5.74) is 2.08. The molecular weight excluding hydrogens is 256 g/mol. The highest BCUT2D eigenvalue weighted by molar-refractivity contribution is 7.98. The summed E-state index contributed by atoms with van der Waals surface area (Å²) in [6, 6.07) is 14.1. The van der Waals surface area contributed by atoms with E-state index in [2.05, 4.69) is 23.3 Å². The van der Waals surface area contributed by atoms with Crippen molar-refractivity contribution in [3.63, 3.8) is 0 Å². The molecule has 0 N–H and O–H groups in total. The second-order valence-corrected chi connectivity index (χ2v) is 5.21. The molecule has 0 aliphatic rings. The van der Waals surface area contributed by atoms with Crippen molar-refractivity contribution >= 4 is 17.4 Å². The van der Waals surface area contributed by atoms with Gasteiger partial charge in [-0.25, -0.2) is 4.98 Å². The first-order valence-electron chi connectivity index (χ1n) is 6.04. The van der Waals surface area contributed by atoms with Crippen LogP contribution in [0.4, 0.5) is 0 Å². The van der Waals surface area contributed by atoms with Crippen LogP contribution >= 0.6 is 11.8 Å². The van der Waals surface area contributed by atoms with Crippen LogP contribution in [0.1, 0.15) is 5.69 Å². The van der Waals surface area contributed by atoms with Crippen molar-refractivity contribution < 1.29 is 4.74 Å². The van der Waals surface area contributed by atoms with Crippen LogP contribution in [0.3, 0.4) is 0 Å². The topological polar surface area (TPSA) is 26.5 Å². The summed E-state index contributed by atoms with van der Waals surface area (Å²) in [5, 5.41) is 0. The average Bonchev–Trinajstić information content (AvgIpc) is 2.88. The van der Waals surface area contributed by atoms with E-state index in [1.165, 1.54) is 4.90 Å². The molecule has 1 aromatic carbocycles. The lowest BCUT2D eigenvalue weighted by atomic mass is 10.3. The highest BCUT2D eigenvalue weighted by atomic mass is 32.2. The minimum atomic E-state index is 0.869. The predicted octanol–water partition coefficient (Wildman–Crippen LogP) is 3.64. The Hall–Kier alpha value is -1.94. The first-order valence-corrected chi connectivity index (χ1v) is 7.03. The van der Waals surface area contributed by atoms with E-state index in [0.717, 1.165) is 22.8 Å². The minimum absolute atomic E-state index is 0.869. The lowest BCUT2D eigenvalue weighted by Gasteiger charge is -2.01. The minimum Gasteiger partial charge on any atom is -0.497 e. The summed E-state index contributed by atoms with van der Waals surface area (Å²) in [5.74, 6) is 1.76. The van der Waals surface area contributed by atoms with E-state index in [-0.39, 0.29) is 0 Å². The number of rotatable bonds is 4. The first-order chi connectivity index (χ1) is 9.35. The molecule has 0 amide bonds. The van der Waals surface area contributed by atoms with Gasteiger partial charge in [-0.3, -0.25) is 0 Å². The third-order valence-electron chi connectivity index (χ3n) is 2.86. The molecule has 4 heteroatoms.